The van der Waals surface area contributed by atoms with Crippen LogP contribution in [0.3, 0.4) is 0 Å². The molecule has 7 nitrogen and oxygen atoms in total. The van der Waals surface area contributed by atoms with Crippen LogP contribution in [0.15, 0.2) is 42.6 Å². The van der Waals surface area contributed by atoms with Gasteiger partial charge in [-0.15, -0.1) is 0 Å². The number of pyridine rings is 1. The number of nitrogens with zero attached hydrogens (tertiary/aromatic N) is 5. The summed E-state index contributed by atoms with van der Waals surface area (Å²) in [5.41, 5.74) is 5.72. The van der Waals surface area contributed by atoms with Gasteiger partial charge in [-0.2, -0.15) is 9.97 Å². The Labute approximate surface area is 256 Å². The van der Waals surface area contributed by atoms with Gasteiger partial charge in [0, 0.05) is 36.0 Å². The van der Waals surface area contributed by atoms with Gasteiger partial charge in [0.1, 0.15) is 12.4 Å². The molecule has 2 aliphatic heterocycles. The number of nitrogens with one attached hydrogen (secondary N) is 1. The second-order valence-corrected chi connectivity index (χ2v) is 13.7. The van der Waals surface area contributed by atoms with Crippen molar-refractivity contribution in [2.45, 2.75) is 76.8 Å². The van der Waals surface area contributed by atoms with Crippen molar-refractivity contribution in [2.24, 2.45) is 5.92 Å². The molecule has 1 saturated carbocycles. The van der Waals surface area contributed by atoms with E-state index in [0.29, 0.717) is 18.5 Å². The van der Waals surface area contributed by atoms with Crippen LogP contribution in [0.1, 0.15) is 63.5 Å². The van der Waals surface area contributed by atoms with Crippen LogP contribution >= 0.6 is 0 Å². The van der Waals surface area contributed by atoms with Gasteiger partial charge in [-0.25, -0.2) is 0 Å². The lowest BCUT2D eigenvalue weighted by molar-refractivity contribution is 0.0738. The highest BCUT2D eigenvalue weighted by atomic mass is 16.5. The van der Waals surface area contributed by atoms with E-state index in [-0.39, 0.29) is 11.1 Å². The lowest BCUT2D eigenvalue weighted by Crippen LogP contribution is -2.54. The summed E-state index contributed by atoms with van der Waals surface area (Å²) in [6.07, 6.45) is 10.2. The molecular weight excluding hydrogens is 532 g/mol. The molecular formula is C36H46N6O. The number of aromatic nitrogens is 3. The van der Waals surface area contributed by atoms with Crippen molar-refractivity contribution in [3.63, 3.8) is 0 Å². The highest BCUT2D eigenvalue weighted by Gasteiger charge is 2.48. The van der Waals surface area contributed by atoms with Crippen molar-refractivity contribution in [1.29, 1.82) is 0 Å². The Bertz CT molecular complexity index is 1660. The number of anilines is 1. The number of hydrogen-bond donors (Lipinski definition) is 1. The van der Waals surface area contributed by atoms with Crippen molar-refractivity contribution >= 4 is 27.5 Å². The van der Waals surface area contributed by atoms with Crippen LogP contribution in [0.2, 0.25) is 0 Å². The standard InChI is InChI=1S/C36H46N6O/c1-6-26-11-7-12-27-13-8-14-28(30(26)27)31-25(3)32-29(20-37-31)33(38-22-35(41(4)5)15-9-16-35)40-34(39-32)43-23-36-17-10-18-42(36)21-24(2)19-36/h7-8,11-14,20,24H,6,9-10,15-19,21-23H2,1-5H3,(H,38,39,40)/t24-,36+/m1/s1. The molecule has 2 aromatic carbocycles. The van der Waals surface area contributed by atoms with Crippen LogP contribution in [0, 0.1) is 12.8 Å². The van der Waals surface area contributed by atoms with Crippen molar-refractivity contribution in [1.82, 2.24) is 24.8 Å². The summed E-state index contributed by atoms with van der Waals surface area (Å²) < 4.78 is 6.58. The predicted octanol–water partition coefficient (Wildman–Crippen LogP) is 6.87. The summed E-state index contributed by atoms with van der Waals surface area (Å²) in [4.78, 5) is 20.2. The average molecular weight is 579 g/mol. The van der Waals surface area contributed by atoms with Crippen LogP contribution in [-0.2, 0) is 6.42 Å². The minimum atomic E-state index is 0.115. The molecule has 3 fully saturated rings. The molecule has 4 aromatic rings. The van der Waals surface area contributed by atoms with Crippen LogP contribution in [-0.4, -0.2) is 76.2 Å². The second-order valence-electron chi connectivity index (χ2n) is 13.7. The van der Waals surface area contributed by atoms with E-state index in [0.717, 1.165) is 46.5 Å². The topological polar surface area (TPSA) is 66.4 Å². The molecule has 3 aliphatic rings. The molecule has 0 unspecified atom stereocenters. The zero-order valence-electron chi connectivity index (χ0n) is 26.5. The monoisotopic (exact) mass is 578 g/mol. The predicted molar refractivity (Wildman–Crippen MR) is 176 cm³/mol. The molecule has 0 radical (unpaired) electrons. The Morgan fingerprint density at radius 1 is 1.07 bits per heavy atom. The zero-order chi connectivity index (χ0) is 29.8. The zero-order valence-corrected chi connectivity index (χ0v) is 26.5. The van der Waals surface area contributed by atoms with Crippen LogP contribution in [0.25, 0.3) is 32.9 Å². The number of aryl methyl sites for hydroxylation is 2. The van der Waals surface area contributed by atoms with E-state index in [9.17, 15) is 0 Å². The lowest BCUT2D eigenvalue weighted by atomic mass is 9.75. The Balaban J connectivity index is 1.31. The smallest absolute Gasteiger partial charge is 0.319 e. The number of benzene rings is 2. The largest absolute Gasteiger partial charge is 0.461 e. The molecule has 4 heterocycles. The third kappa shape index (κ3) is 4.85. The average Bonchev–Trinajstić information content (AvgIpc) is 3.50. The van der Waals surface area contributed by atoms with Gasteiger partial charge in [0.25, 0.3) is 0 Å². The summed E-state index contributed by atoms with van der Waals surface area (Å²) in [6, 6.07) is 13.6. The highest BCUT2D eigenvalue weighted by Crippen LogP contribution is 2.42. The summed E-state index contributed by atoms with van der Waals surface area (Å²) in [6.45, 7) is 10.6. The molecule has 2 atom stereocenters. The maximum atomic E-state index is 6.58. The van der Waals surface area contributed by atoms with Crippen LogP contribution in [0.5, 0.6) is 6.01 Å². The minimum absolute atomic E-state index is 0.115. The number of rotatable bonds is 9. The number of fused-ring (bicyclic) bond motifs is 3. The second kappa shape index (κ2) is 11.0. The highest BCUT2D eigenvalue weighted by molar-refractivity contribution is 6.01. The summed E-state index contributed by atoms with van der Waals surface area (Å²) in [7, 11) is 4.38. The molecule has 43 heavy (non-hydrogen) atoms. The molecule has 2 saturated heterocycles. The first-order valence-corrected chi connectivity index (χ1v) is 16.3. The van der Waals surface area contributed by atoms with E-state index in [1.807, 2.05) is 6.20 Å². The fourth-order valence-corrected chi connectivity index (χ4v) is 8.21. The lowest BCUT2D eigenvalue weighted by Gasteiger charge is -2.47. The molecule has 0 amide bonds. The van der Waals surface area contributed by atoms with Gasteiger partial charge in [0.15, 0.2) is 0 Å². The third-order valence-electron chi connectivity index (χ3n) is 10.9. The van der Waals surface area contributed by atoms with Gasteiger partial charge in [-0.05, 0) is 94.8 Å². The quantitative estimate of drug-likeness (QED) is 0.233. The number of ether oxygens (including phenoxy) is 1. The molecule has 0 bridgehead atoms. The van der Waals surface area contributed by atoms with Crippen molar-refractivity contribution in [2.75, 3.05) is 45.7 Å². The van der Waals surface area contributed by atoms with Gasteiger partial charge in [-0.1, -0.05) is 50.2 Å². The van der Waals surface area contributed by atoms with Gasteiger partial charge in [0.2, 0.25) is 0 Å². The Morgan fingerprint density at radius 2 is 1.88 bits per heavy atom. The maximum absolute atomic E-state index is 6.58. The number of likely N-dealkylation sites (N-methyl/N-ethyl adjacent to an activating group) is 1. The van der Waals surface area contributed by atoms with E-state index >= 15 is 0 Å². The van der Waals surface area contributed by atoms with Crippen molar-refractivity contribution in [3.8, 4) is 17.3 Å². The van der Waals surface area contributed by atoms with E-state index in [1.165, 1.54) is 68.0 Å². The van der Waals surface area contributed by atoms with Gasteiger partial charge >= 0.3 is 6.01 Å². The molecule has 1 aliphatic carbocycles. The van der Waals surface area contributed by atoms with Gasteiger partial charge in [0.05, 0.1) is 22.1 Å². The van der Waals surface area contributed by atoms with Gasteiger partial charge < -0.3 is 15.0 Å². The van der Waals surface area contributed by atoms with Crippen molar-refractivity contribution < 1.29 is 4.74 Å². The fourth-order valence-electron chi connectivity index (χ4n) is 8.21. The fraction of sp³-hybridized carbons (Fsp3) is 0.528. The molecule has 1 N–H and O–H groups in total. The maximum Gasteiger partial charge on any atom is 0.319 e. The molecule has 7 rings (SSSR count). The van der Waals surface area contributed by atoms with E-state index < -0.39 is 0 Å². The summed E-state index contributed by atoms with van der Waals surface area (Å²) in [5, 5.41) is 7.22. The normalized spacial score (nSPS) is 23.2. The van der Waals surface area contributed by atoms with Crippen LogP contribution < -0.4 is 10.1 Å². The Kier molecular flexibility index (Phi) is 7.29. The molecule has 2 aromatic heterocycles. The summed E-state index contributed by atoms with van der Waals surface area (Å²) in [5.74, 6) is 1.52. The van der Waals surface area contributed by atoms with Crippen molar-refractivity contribution in [3.05, 3.63) is 53.7 Å². The van der Waals surface area contributed by atoms with E-state index in [2.05, 4.69) is 86.4 Å². The first kappa shape index (κ1) is 28.5. The minimum Gasteiger partial charge on any atom is -0.461 e. The summed E-state index contributed by atoms with van der Waals surface area (Å²) >= 11 is 0. The molecule has 0 spiro atoms. The molecule has 226 valence electrons. The van der Waals surface area contributed by atoms with E-state index in [4.69, 9.17) is 19.7 Å². The Hall–Kier alpha value is -3.29. The SMILES string of the molecule is CCc1cccc2cccc(-c3ncc4c(NCC5(N(C)C)CCC5)nc(OC[C@@]56CCCN5C[C@H](C)C6)nc4c3C)c12. The van der Waals surface area contributed by atoms with Gasteiger partial charge in [-0.3, -0.25) is 9.88 Å². The Morgan fingerprint density at radius 3 is 2.63 bits per heavy atom. The van der Waals surface area contributed by atoms with E-state index in [1.54, 1.807) is 0 Å². The first-order valence-electron chi connectivity index (χ1n) is 16.3. The molecule has 7 heteroatoms. The first-order chi connectivity index (χ1) is 20.8. The number of hydrogen-bond acceptors (Lipinski definition) is 7. The van der Waals surface area contributed by atoms with Crippen LogP contribution in [0.4, 0.5) is 5.82 Å². The third-order valence-corrected chi connectivity index (χ3v) is 10.9.